The maximum atomic E-state index is 13.7. The van der Waals surface area contributed by atoms with Gasteiger partial charge in [0.2, 0.25) is 0 Å². The lowest BCUT2D eigenvalue weighted by Gasteiger charge is -2.18. The smallest absolute Gasteiger partial charge is 0.268 e. The summed E-state index contributed by atoms with van der Waals surface area (Å²) in [5.74, 6) is 0.525. The second kappa shape index (κ2) is 8.05. The van der Waals surface area contributed by atoms with Gasteiger partial charge in [-0.1, -0.05) is 30.3 Å². The quantitative estimate of drug-likeness (QED) is 0.691. The highest BCUT2D eigenvalue weighted by Crippen LogP contribution is 2.37. The summed E-state index contributed by atoms with van der Waals surface area (Å²) in [4.78, 5) is 0.227. The van der Waals surface area contributed by atoms with Crippen LogP contribution in [0.4, 0.5) is 0 Å². The molecule has 2 aromatic carbocycles. The second-order valence-electron chi connectivity index (χ2n) is 7.36. The van der Waals surface area contributed by atoms with Gasteiger partial charge in [-0.2, -0.15) is 0 Å². The Bertz CT molecular complexity index is 1130. The molecule has 0 saturated carbocycles. The van der Waals surface area contributed by atoms with Gasteiger partial charge in [0.05, 0.1) is 17.7 Å². The van der Waals surface area contributed by atoms with Crippen LogP contribution in [0.25, 0.3) is 11.3 Å². The van der Waals surface area contributed by atoms with Crippen molar-refractivity contribution in [2.24, 2.45) is 0 Å². The maximum absolute atomic E-state index is 13.7. The number of aryl methyl sites for hydroxylation is 1. The summed E-state index contributed by atoms with van der Waals surface area (Å²) < 4.78 is 34.1. The number of ether oxygens (including phenoxy) is 1. The van der Waals surface area contributed by atoms with E-state index in [9.17, 15) is 8.42 Å². The molecule has 1 aliphatic rings. The van der Waals surface area contributed by atoms with Crippen molar-refractivity contribution in [3.63, 3.8) is 0 Å². The molecule has 0 unspecified atom stereocenters. The number of nitrogens with one attached hydrogen (secondary N) is 1. The minimum atomic E-state index is -3.77. The molecule has 1 heterocycles. The number of hydrogen-bond donors (Lipinski definition) is 1. The van der Waals surface area contributed by atoms with E-state index in [0.29, 0.717) is 12.3 Å². The Morgan fingerprint density at radius 3 is 2.66 bits per heavy atom. The number of hydrogen-bond acceptors (Lipinski definition) is 4. The van der Waals surface area contributed by atoms with E-state index in [4.69, 9.17) is 4.74 Å². The van der Waals surface area contributed by atoms with Gasteiger partial charge in [0.1, 0.15) is 5.75 Å². The highest BCUT2D eigenvalue weighted by molar-refractivity contribution is 7.90. The lowest BCUT2D eigenvalue weighted by atomic mass is 9.91. The van der Waals surface area contributed by atoms with Crippen molar-refractivity contribution in [3.05, 3.63) is 71.4 Å². The van der Waals surface area contributed by atoms with Crippen molar-refractivity contribution in [1.82, 2.24) is 9.29 Å². The van der Waals surface area contributed by atoms with Crippen LogP contribution in [0.5, 0.6) is 5.75 Å². The van der Waals surface area contributed by atoms with Gasteiger partial charge in [-0.3, -0.25) is 0 Å². The Kier molecular flexibility index (Phi) is 5.48. The molecule has 0 bridgehead atoms. The summed E-state index contributed by atoms with van der Waals surface area (Å²) >= 11 is 0. The molecule has 0 atom stereocenters. The van der Waals surface area contributed by atoms with Crippen LogP contribution in [0.2, 0.25) is 0 Å². The van der Waals surface area contributed by atoms with Crippen LogP contribution in [0.1, 0.15) is 29.5 Å². The fraction of sp³-hybridized carbons (Fsp3) is 0.304. The molecular weight excluding hydrogens is 384 g/mol. The zero-order valence-electron chi connectivity index (χ0n) is 16.8. The topological polar surface area (TPSA) is 60.3 Å². The van der Waals surface area contributed by atoms with E-state index in [1.54, 1.807) is 30.5 Å². The third kappa shape index (κ3) is 3.58. The molecule has 6 heteroatoms. The molecule has 0 aliphatic heterocycles. The first-order valence-electron chi connectivity index (χ1n) is 9.92. The molecule has 0 radical (unpaired) electrons. The van der Waals surface area contributed by atoms with Crippen LogP contribution in [-0.4, -0.2) is 26.5 Å². The van der Waals surface area contributed by atoms with Crippen LogP contribution >= 0.6 is 0 Å². The van der Waals surface area contributed by atoms with Crippen molar-refractivity contribution in [2.75, 3.05) is 14.2 Å². The van der Waals surface area contributed by atoms with Crippen molar-refractivity contribution in [2.45, 2.75) is 37.1 Å². The zero-order valence-corrected chi connectivity index (χ0v) is 17.6. The van der Waals surface area contributed by atoms with Gasteiger partial charge in [0.15, 0.2) is 0 Å². The first kappa shape index (κ1) is 19.7. The van der Waals surface area contributed by atoms with E-state index < -0.39 is 10.0 Å². The van der Waals surface area contributed by atoms with Crippen LogP contribution < -0.4 is 10.1 Å². The standard InChI is InChI=1S/C23H26N2O3S/c1-24-15-18-16-25(29(26,27)20-11-7-10-19(14-20)28-2)23-21-12-5-3-8-17(21)9-4-6-13-22(18)23/h3,5,7-8,10-12,14,16,24H,4,6,9,13,15H2,1-2H3. The Morgan fingerprint density at radius 2 is 1.86 bits per heavy atom. The maximum Gasteiger partial charge on any atom is 0.268 e. The molecule has 1 N–H and O–H groups in total. The highest BCUT2D eigenvalue weighted by atomic mass is 32.2. The Hall–Kier alpha value is -2.57. The SMILES string of the molecule is CNCc1cn(S(=O)(=O)c2cccc(OC)c2)c2c1CCCCc1ccccc1-2. The van der Waals surface area contributed by atoms with Gasteiger partial charge in [-0.05, 0) is 61.6 Å². The fourth-order valence-electron chi connectivity index (χ4n) is 4.12. The predicted molar refractivity (Wildman–Crippen MR) is 115 cm³/mol. The lowest BCUT2D eigenvalue weighted by Crippen LogP contribution is -2.15. The fourth-order valence-corrected chi connectivity index (χ4v) is 5.58. The summed E-state index contributed by atoms with van der Waals surface area (Å²) in [5.41, 5.74) is 5.16. The van der Waals surface area contributed by atoms with Crippen molar-refractivity contribution in [3.8, 4) is 17.0 Å². The number of fused-ring (bicyclic) bond motifs is 3. The molecule has 1 aliphatic carbocycles. The molecule has 0 spiro atoms. The number of aromatic nitrogens is 1. The largest absolute Gasteiger partial charge is 0.497 e. The zero-order chi connectivity index (χ0) is 20.4. The van der Waals surface area contributed by atoms with Gasteiger partial charge >= 0.3 is 0 Å². The summed E-state index contributed by atoms with van der Waals surface area (Å²) in [6.07, 6.45) is 5.77. The molecule has 0 amide bonds. The van der Waals surface area contributed by atoms with E-state index in [1.165, 1.54) is 16.6 Å². The molecule has 152 valence electrons. The average molecular weight is 411 g/mol. The number of benzene rings is 2. The van der Waals surface area contributed by atoms with Crippen molar-refractivity contribution < 1.29 is 13.2 Å². The average Bonchev–Trinajstić information content (AvgIpc) is 3.08. The van der Waals surface area contributed by atoms with Crippen LogP contribution in [0.15, 0.2) is 59.6 Å². The number of rotatable bonds is 5. The highest BCUT2D eigenvalue weighted by Gasteiger charge is 2.28. The normalized spacial score (nSPS) is 13.9. The van der Waals surface area contributed by atoms with E-state index >= 15 is 0 Å². The molecule has 0 fully saturated rings. The van der Waals surface area contributed by atoms with Gasteiger partial charge in [-0.25, -0.2) is 12.4 Å². The Labute approximate surface area is 172 Å². The molecule has 5 nitrogen and oxygen atoms in total. The summed E-state index contributed by atoms with van der Waals surface area (Å²) in [5, 5.41) is 3.19. The van der Waals surface area contributed by atoms with Crippen LogP contribution in [0, 0.1) is 0 Å². The van der Waals surface area contributed by atoms with Gasteiger partial charge in [0, 0.05) is 24.4 Å². The molecular formula is C23H26N2O3S. The van der Waals surface area contributed by atoms with Crippen LogP contribution in [0.3, 0.4) is 0 Å². The monoisotopic (exact) mass is 410 g/mol. The molecule has 4 rings (SSSR count). The Balaban J connectivity index is 1.99. The molecule has 29 heavy (non-hydrogen) atoms. The number of methoxy groups -OCH3 is 1. The third-order valence-corrected chi connectivity index (χ3v) is 7.18. The second-order valence-corrected chi connectivity index (χ2v) is 9.17. The van der Waals surface area contributed by atoms with E-state index in [1.807, 2.05) is 25.2 Å². The van der Waals surface area contributed by atoms with E-state index in [-0.39, 0.29) is 4.90 Å². The lowest BCUT2D eigenvalue weighted by molar-refractivity contribution is 0.413. The van der Waals surface area contributed by atoms with Gasteiger partial charge < -0.3 is 10.1 Å². The Morgan fingerprint density at radius 1 is 1.07 bits per heavy atom. The predicted octanol–water partition coefficient (Wildman–Crippen LogP) is 4.00. The van der Waals surface area contributed by atoms with Gasteiger partial charge in [-0.15, -0.1) is 0 Å². The molecule has 3 aromatic rings. The van der Waals surface area contributed by atoms with E-state index in [2.05, 4.69) is 11.4 Å². The van der Waals surface area contributed by atoms with Gasteiger partial charge in [0.25, 0.3) is 10.0 Å². The van der Waals surface area contributed by atoms with Crippen molar-refractivity contribution >= 4 is 10.0 Å². The molecule has 1 aromatic heterocycles. The first-order chi connectivity index (χ1) is 14.1. The van der Waals surface area contributed by atoms with Crippen LogP contribution in [-0.2, 0) is 29.4 Å². The van der Waals surface area contributed by atoms with E-state index in [0.717, 1.165) is 48.1 Å². The minimum absolute atomic E-state index is 0.227. The number of nitrogens with zero attached hydrogens (tertiary/aromatic N) is 1. The summed E-state index contributed by atoms with van der Waals surface area (Å²) in [6, 6.07) is 14.8. The summed E-state index contributed by atoms with van der Waals surface area (Å²) in [6.45, 7) is 0.630. The first-order valence-corrected chi connectivity index (χ1v) is 11.4. The summed E-state index contributed by atoms with van der Waals surface area (Å²) in [7, 11) is -0.346. The van der Waals surface area contributed by atoms with Crippen molar-refractivity contribution in [1.29, 1.82) is 0 Å². The third-order valence-electron chi connectivity index (χ3n) is 5.53. The minimum Gasteiger partial charge on any atom is -0.497 e. The molecule has 0 saturated heterocycles.